The molecule has 1 atom stereocenters. The predicted octanol–water partition coefficient (Wildman–Crippen LogP) is 4.37. The molecule has 1 aliphatic rings. The van der Waals surface area contributed by atoms with Crippen LogP contribution in [0, 0.1) is 5.82 Å². The first-order chi connectivity index (χ1) is 14.8. The molecule has 31 heavy (non-hydrogen) atoms. The van der Waals surface area contributed by atoms with E-state index in [1.54, 1.807) is 18.2 Å². The SMILES string of the molecule is CN(C)CCN1C(=O)C(O)=C(C(=O)c2cc3cc(Cl)ccc3o2)C1c1ccc(F)cc1. The molecule has 1 unspecified atom stereocenters. The molecule has 1 amide bonds. The van der Waals surface area contributed by atoms with Gasteiger partial charge in [0.2, 0.25) is 5.78 Å². The highest BCUT2D eigenvalue weighted by atomic mass is 35.5. The van der Waals surface area contributed by atoms with Gasteiger partial charge in [0.1, 0.15) is 11.4 Å². The van der Waals surface area contributed by atoms with Gasteiger partial charge < -0.3 is 19.3 Å². The van der Waals surface area contributed by atoms with Crippen LogP contribution in [0.4, 0.5) is 4.39 Å². The summed E-state index contributed by atoms with van der Waals surface area (Å²) in [4.78, 5) is 29.5. The van der Waals surface area contributed by atoms with Crippen LogP contribution in [0.5, 0.6) is 0 Å². The minimum atomic E-state index is -0.864. The van der Waals surface area contributed by atoms with Gasteiger partial charge in [-0.15, -0.1) is 0 Å². The third kappa shape index (κ3) is 3.94. The number of nitrogens with zero attached hydrogens (tertiary/aromatic N) is 2. The van der Waals surface area contributed by atoms with Crippen LogP contribution in [0.3, 0.4) is 0 Å². The maximum absolute atomic E-state index is 13.5. The van der Waals surface area contributed by atoms with Crippen molar-refractivity contribution in [1.29, 1.82) is 0 Å². The first-order valence-electron chi connectivity index (χ1n) is 9.64. The minimum Gasteiger partial charge on any atom is -0.503 e. The van der Waals surface area contributed by atoms with Crippen LogP contribution in [0.25, 0.3) is 11.0 Å². The molecule has 160 valence electrons. The summed E-state index contributed by atoms with van der Waals surface area (Å²) in [6, 6.07) is 11.1. The second-order valence-electron chi connectivity index (χ2n) is 7.64. The van der Waals surface area contributed by atoms with Crippen LogP contribution in [0.15, 0.2) is 64.3 Å². The standard InChI is InChI=1S/C23H20ClFN2O4/c1-26(2)9-10-27-20(13-3-6-16(25)7-4-13)19(22(29)23(27)30)21(28)18-12-14-11-15(24)5-8-17(14)31-18/h3-8,11-12,20,29H,9-10H2,1-2H3. The molecule has 4 rings (SSSR count). The highest BCUT2D eigenvalue weighted by molar-refractivity contribution is 6.31. The Morgan fingerprint density at radius 1 is 1.19 bits per heavy atom. The van der Waals surface area contributed by atoms with Crippen molar-refractivity contribution in [2.75, 3.05) is 27.2 Å². The molecule has 1 aliphatic heterocycles. The maximum atomic E-state index is 13.5. The number of amides is 1. The molecule has 3 aromatic rings. The molecule has 6 nitrogen and oxygen atoms in total. The number of rotatable bonds is 6. The van der Waals surface area contributed by atoms with Crippen molar-refractivity contribution >= 4 is 34.3 Å². The predicted molar refractivity (Wildman–Crippen MR) is 115 cm³/mol. The summed E-state index contributed by atoms with van der Waals surface area (Å²) in [7, 11) is 3.71. The highest BCUT2D eigenvalue weighted by Crippen LogP contribution is 2.39. The van der Waals surface area contributed by atoms with Crippen LogP contribution >= 0.6 is 11.6 Å². The van der Waals surface area contributed by atoms with Gasteiger partial charge in [-0.25, -0.2) is 4.39 Å². The molecule has 1 aromatic heterocycles. The van der Waals surface area contributed by atoms with Crippen molar-refractivity contribution in [1.82, 2.24) is 9.80 Å². The number of likely N-dealkylation sites (N-methyl/N-ethyl adjacent to an activating group) is 1. The number of furan rings is 1. The van der Waals surface area contributed by atoms with Gasteiger partial charge in [0, 0.05) is 23.5 Å². The van der Waals surface area contributed by atoms with Crippen molar-refractivity contribution in [3.63, 3.8) is 0 Å². The Kier molecular flexibility index (Phi) is 5.56. The Labute approximate surface area is 183 Å². The molecule has 0 bridgehead atoms. The van der Waals surface area contributed by atoms with Gasteiger partial charge in [-0.05, 0) is 56.1 Å². The second kappa shape index (κ2) is 8.17. The fourth-order valence-corrected chi connectivity index (χ4v) is 3.85. The Balaban J connectivity index is 1.78. The maximum Gasteiger partial charge on any atom is 0.290 e. The number of aliphatic hydroxyl groups is 1. The van der Waals surface area contributed by atoms with Crippen LogP contribution in [0.1, 0.15) is 22.2 Å². The van der Waals surface area contributed by atoms with E-state index in [1.165, 1.54) is 35.2 Å². The summed E-state index contributed by atoms with van der Waals surface area (Å²) in [5.74, 6) is -2.36. The van der Waals surface area contributed by atoms with E-state index in [0.29, 0.717) is 28.1 Å². The number of hydrogen-bond donors (Lipinski definition) is 1. The van der Waals surface area contributed by atoms with Gasteiger partial charge in [0.05, 0.1) is 11.6 Å². The quantitative estimate of drug-likeness (QED) is 0.574. The molecule has 2 heterocycles. The molecule has 0 saturated carbocycles. The Hall–Kier alpha value is -3.16. The van der Waals surface area contributed by atoms with E-state index in [4.69, 9.17) is 16.0 Å². The van der Waals surface area contributed by atoms with Gasteiger partial charge in [0.25, 0.3) is 5.91 Å². The number of hydrogen-bond acceptors (Lipinski definition) is 5. The molecule has 1 N–H and O–H groups in total. The molecule has 0 fully saturated rings. The zero-order valence-electron chi connectivity index (χ0n) is 16.9. The second-order valence-corrected chi connectivity index (χ2v) is 8.08. The van der Waals surface area contributed by atoms with E-state index in [-0.39, 0.29) is 17.9 Å². The van der Waals surface area contributed by atoms with Gasteiger partial charge in [-0.1, -0.05) is 23.7 Å². The smallest absolute Gasteiger partial charge is 0.290 e. The van der Waals surface area contributed by atoms with Crippen molar-refractivity contribution in [3.05, 3.63) is 82.0 Å². The van der Waals surface area contributed by atoms with Crippen molar-refractivity contribution in [3.8, 4) is 0 Å². The number of carbonyl (C=O) groups excluding carboxylic acids is 2. The largest absolute Gasteiger partial charge is 0.503 e. The molecular weight excluding hydrogens is 423 g/mol. The monoisotopic (exact) mass is 442 g/mol. The number of halogens is 2. The Bertz CT molecular complexity index is 1200. The van der Waals surface area contributed by atoms with Crippen LogP contribution < -0.4 is 0 Å². The number of benzene rings is 2. The highest BCUT2D eigenvalue weighted by Gasteiger charge is 2.44. The van der Waals surface area contributed by atoms with E-state index < -0.39 is 29.3 Å². The normalized spacial score (nSPS) is 16.7. The number of aliphatic hydroxyl groups excluding tert-OH is 1. The van der Waals surface area contributed by atoms with Gasteiger partial charge in [-0.2, -0.15) is 0 Å². The average molecular weight is 443 g/mol. The lowest BCUT2D eigenvalue weighted by molar-refractivity contribution is -0.129. The van der Waals surface area contributed by atoms with Crippen LogP contribution in [-0.4, -0.2) is 53.8 Å². The number of ketones is 1. The Morgan fingerprint density at radius 3 is 2.58 bits per heavy atom. The fraction of sp³-hybridized carbons (Fsp3) is 0.217. The molecule has 0 radical (unpaired) electrons. The summed E-state index contributed by atoms with van der Waals surface area (Å²) in [5.41, 5.74) is 0.875. The van der Waals surface area contributed by atoms with Crippen molar-refractivity contribution < 1.29 is 23.5 Å². The van der Waals surface area contributed by atoms with Crippen molar-refractivity contribution in [2.24, 2.45) is 0 Å². The summed E-state index contributed by atoms with van der Waals surface area (Å²) in [6.07, 6.45) is 0. The number of Topliss-reactive ketones (excluding diaryl/α,β-unsaturated/α-hetero) is 1. The lowest BCUT2D eigenvalue weighted by atomic mass is 9.95. The van der Waals surface area contributed by atoms with Gasteiger partial charge in [0.15, 0.2) is 11.5 Å². The van der Waals surface area contributed by atoms with E-state index in [9.17, 15) is 19.1 Å². The van der Waals surface area contributed by atoms with E-state index >= 15 is 0 Å². The third-order valence-corrected chi connectivity index (χ3v) is 5.46. The van der Waals surface area contributed by atoms with Crippen molar-refractivity contribution in [2.45, 2.75) is 6.04 Å². The molecule has 0 spiro atoms. The molecule has 2 aromatic carbocycles. The molecule has 8 heteroatoms. The lowest BCUT2D eigenvalue weighted by Gasteiger charge is -2.27. The summed E-state index contributed by atoms with van der Waals surface area (Å²) in [6.45, 7) is 0.784. The van der Waals surface area contributed by atoms with E-state index in [2.05, 4.69) is 0 Å². The lowest BCUT2D eigenvalue weighted by Crippen LogP contribution is -2.36. The third-order valence-electron chi connectivity index (χ3n) is 5.22. The number of fused-ring (bicyclic) bond motifs is 1. The van der Waals surface area contributed by atoms with Gasteiger partial charge >= 0.3 is 0 Å². The summed E-state index contributed by atoms with van der Waals surface area (Å²) < 4.78 is 19.2. The minimum absolute atomic E-state index is 0.0202. The fourth-order valence-electron chi connectivity index (χ4n) is 3.67. The van der Waals surface area contributed by atoms with Crippen LogP contribution in [0.2, 0.25) is 5.02 Å². The van der Waals surface area contributed by atoms with E-state index in [1.807, 2.05) is 19.0 Å². The summed E-state index contributed by atoms with van der Waals surface area (Å²) >= 11 is 6.01. The van der Waals surface area contributed by atoms with Crippen LogP contribution in [-0.2, 0) is 4.79 Å². The zero-order valence-corrected chi connectivity index (χ0v) is 17.7. The Morgan fingerprint density at radius 2 is 1.90 bits per heavy atom. The molecule has 0 aliphatic carbocycles. The molecular formula is C23H20ClFN2O4. The first kappa shape index (κ1) is 21.1. The number of carbonyl (C=O) groups is 2. The van der Waals surface area contributed by atoms with Gasteiger partial charge in [-0.3, -0.25) is 9.59 Å². The van der Waals surface area contributed by atoms with E-state index in [0.717, 1.165) is 0 Å². The topological polar surface area (TPSA) is 74.0 Å². The zero-order chi connectivity index (χ0) is 22.3. The molecule has 0 saturated heterocycles. The summed E-state index contributed by atoms with van der Waals surface area (Å²) in [5, 5.41) is 11.8. The first-order valence-corrected chi connectivity index (χ1v) is 10.0. The average Bonchev–Trinajstić information content (AvgIpc) is 3.25.